The molecule has 0 spiro atoms. The van der Waals surface area contributed by atoms with E-state index in [4.69, 9.17) is 4.74 Å². The van der Waals surface area contributed by atoms with Crippen LogP contribution in [0.1, 0.15) is 31.7 Å². The zero-order valence-corrected chi connectivity index (χ0v) is 14.1. The van der Waals surface area contributed by atoms with Crippen LogP contribution in [0.2, 0.25) is 0 Å². The van der Waals surface area contributed by atoms with Gasteiger partial charge >= 0.3 is 5.97 Å². The topological polar surface area (TPSA) is 68.3 Å². The third kappa shape index (κ3) is 5.17. The van der Waals surface area contributed by atoms with E-state index >= 15 is 0 Å². The van der Waals surface area contributed by atoms with Gasteiger partial charge in [-0.3, -0.25) is 4.79 Å². The Bertz CT molecular complexity index is 672. The van der Waals surface area contributed by atoms with Gasteiger partial charge in [-0.25, -0.2) is 9.78 Å². The van der Waals surface area contributed by atoms with E-state index in [-0.39, 0.29) is 18.6 Å². The van der Waals surface area contributed by atoms with Crippen LogP contribution in [0.3, 0.4) is 0 Å². The van der Waals surface area contributed by atoms with Crippen molar-refractivity contribution in [1.82, 2.24) is 10.3 Å². The van der Waals surface area contributed by atoms with Crippen LogP contribution >= 0.6 is 11.3 Å². The maximum Gasteiger partial charge on any atom is 0.331 e. The van der Waals surface area contributed by atoms with Crippen molar-refractivity contribution >= 4 is 39.5 Å². The Hall–Kier alpha value is -2.21. The molecule has 0 radical (unpaired) electrons. The Balaban J connectivity index is 1.83. The minimum Gasteiger partial charge on any atom is -0.452 e. The van der Waals surface area contributed by atoms with Gasteiger partial charge in [0.1, 0.15) is 5.01 Å². The van der Waals surface area contributed by atoms with Crippen molar-refractivity contribution in [1.29, 1.82) is 0 Å². The zero-order chi connectivity index (χ0) is 16.7. The first kappa shape index (κ1) is 17.1. The summed E-state index contributed by atoms with van der Waals surface area (Å²) in [5, 5.41) is 3.54. The number of fused-ring (bicyclic) bond motifs is 1. The molecule has 0 fully saturated rings. The molecule has 1 amide bonds. The van der Waals surface area contributed by atoms with Crippen LogP contribution in [0.5, 0.6) is 0 Å². The molecule has 23 heavy (non-hydrogen) atoms. The minimum absolute atomic E-state index is 0.125. The molecule has 0 saturated heterocycles. The standard InChI is InChI=1S/C17H20N2O3S/c1-3-12(4-2)18-15(20)11-22-17(21)10-9-16-19-13-7-5-6-8-14(13)23-16/h5-10,12H,3-4,11H2,1-2H3,(H,18,20)/b10-9+. The van der Waals surface area contributed by atoms with E-state index in [1.807, 2.05) is 38.1 Å². The molecule has 0 bridgehead atoms. The van der Waals surface area contributed by atoms with Gasteiger partial charge in [-0.15, -0.1) is 11.3 Å². The van der Waals surface area contributed by atoms with E-state index < -0.39 is 5.97 Å². The summed E-state index contributed by atoms with van der Waals surface area (Å²) in [6.07, 6.45) is 4.61. The third-order valence-corrected chi connectivity index (χ3v) is 4.37. The molecule has 2 rings (SSSR count). The van der Waals surface area contributed by atoms with Crippen LogP contribution in [0.15, 0.2) is 30.3 Å². The van der Waals surface area contributed by atoms with Gasteiger partial charge in [-0.05, 0) is 31.1 Å². The Morgan fingerprint density at radius 1 is 1.30 bits per heavy atom. The number of nitrogens with one attached hydrogen (secondary N) is 1. The molecule has 1 aromatic carbocycles. The van der Waals surface area contributed by atoms with Gasteiger partial charge in [0.25, 0.3) is 5.91 Å². The number of amides is 1. The SMILES string of the molecule is CCC(CC)NC(=O)COC(=O)/C=C/c1nc2ccccc2s1. The fourth-order valence-corrected chi connectivity index (χ4v) is 2.92. The number of rotatable bonds is 7. The quantitative estimate of drug-likeness (QED) is 0.625. The highest BCUT2D eigenvalue weighted by Crippen LogP contribution is 2.22. The Labute approximate surface area is 139 Å². The van der Waals surface area contributed by atoms with Crippen molar-refractivity contribution < 1.29 is 14.3 Å². The second kappa shape index (κ2) is 8.43. The average Bonchev–Trinajstić information content (AvgIpc) is 2.98. The van der Waals surface area contributed by atoms with Gasteiger partial charge in [-0.1, -0.05) is 26.0 Å². The number of aromatic nitrogens is 1. The van der Waals surface area contributed by atoms with Crippen molar-refractivity contribution in [2.45, 2.75) is 32.7 Å². The molecule has 1 N–H and O–H groups in total. The summed E-state index contributed by atoms with van der Waals surface area (Å²) in [4.78, 5) is 27.7. The molecular weight excluding hydrogens is 312 g/mol. The van der Waals surface area contributed by atoms with Crippen LogP contribution in [0.25, 0.3) is 16.3 Å². The predicted octanol–water partition coefficient (Wildman–Crippen LogP) is 3.16. The van der Waals surface area contributed by atoms with Crippen LogP contribution < -0.4 is 5.32 Å². The largest absolute Gasteiger partial charge is 0.452 e. The summed E-state index contributed by atoms with van der Waals surface area (Å²) in [6.45, 7) is 3.74. The van der Waals surface area contributed by atoms with Gasteiger partial charge in [0.05, 0.1) is 10.2 Å². The van der Waals surface area contributed by atoms with Gasteiger partial charge in [-0.2, -0.15) is 0 Å². The maximum atomic E-state index is 11.6. The lowest BCUT2D eigenvalue weighted by Crippen LogP contribution is -2.36. The molecule has 0 aliphatic carbocycles. The molecule has 122 valence electrons. The number of hydrogen-bond acceptors (Lipinski definition) is 5. The van der Waals surface area contributed by atoms with Crippen molar-refractivity contribution in [3.05, 3.63) is 35.3 Å². The van der Waals surface area contributed by atoms with Gasteiger partial charge in [0, 0.05) is 12.1 Å². The number of esters is 1. The molecule has 2 aromatic rings. The minimum atomic E-state index is -0.552. The zero-order valence-electron chi connectivity index (χ0n) is 13.2. The van der Waals surface area contributed by atoms with E-state index in [1.54, 1.807) is 6.08 Å². The highest BCUT2D eigenvalue weighted by molar-refractivity contribution is 7.19. The number of thiazole rings is 1. The Morgan fingerprint density at radius 2 is 2.04 bits per heavy atom. The number of benzene rings is 1. The lowest BCUT2D eigenvalue weighted by Gasteiger charge is -2.14. The van der Waals surface area contributed by atoms with Gasteiger partial charge in [0.2, 0.25) is 0 Å². The van der Waals surface area contributed by atoms with Gasteiger partial charge < -0.3 is 10.1 Å². The lowest BCUT2D eigenvalue weighted by atomic mass is 10.2. The summed E-state index contributed by atoms with van der Waals surface area (Å²) < 4.78 is 5.99. The number of carbonyl (C=O) groups excluding carboxylic acids is 2. The first-order valence-electron chi connectivity index (χ1n) is 7.62. The molecule has 1 heterocycles. The third-order valence-electron chi connectivity index (χ3n) is 3.37. The monoisotopic (exact) mass is 332 g/mol. The van der Waals surface area contributed by atoms with Crippen molar-refractivity contribution in [2.75, 3.05) is 6.61 Å². The molecule has 0 unspecified atom stereocenters. The lowest BCUT2D eigenvalue weighted by molar-refractivity contribution is -0.144. The predicted molar refractivity (Wildman–Crippen MR) is 92.1 cm³/mol. The summed E-state index contributed by atoms with van der Waals surface area (Å²) in [7, 11) is 0. The van der Waals surface area contributed by atoms with Crippen molar-refractivity contribution in [3.63, 3.8) is 0 Å². The maximum absolute atomic E-state index is 11.6. The summed E-state index contributed by atoms with van der Waals surface area (Å²) in [6, 6.07) is 7.89. The molecule has 0 atom stereocenters. The highest BCUT2D eigenvalue weighted by atomic mass is 32.1. The van der Waals surface area contributed by atoms with E-state index in [1.165, 1.54) is 17.4 Å². The molecule has 1 aromatic heterocycles. The normalized spacial score (nSPS) is 11.3. The van der Waals surface area contributed by atoms with Crippen LogP contribution in [0.4, 0.5) is 0 Å². The van der Waals surface area contributed by atoms with E-state index in [0.717, 1.165) is 28.1 Å². The molecule has 6 heteroatoms. The first-order chi connectivity index (χ1) is 11.1. The number of ether oxygens (including phenoxy) is 1. The summed E-state index contributed by atoms with van der Waals surface area (Å²) >= 11 is 1.49. The van der Waals surface area contributed by atoms with Crippen LogP contribution in [-0.4, -0.2) is 29.5 Å². The molecule has 0 aliphatic rings. The number of hydrogen-bond donors (Lipinski definition) is 1. The average molecular weight is 332 g/mol. The summed E-state index contributed by atoms with van der Waals surface area (Å²) in [5.41, 5.74) is 0.898. The fourth-order valence-electron chi connectivity index (χ4n) is 2.05. The molecular formula is C17H20N2O3S. The second-order valence-electron chi connectivity index (χ2n) is 5.04. The smallest absolute Gasteiger partial charge is 0.331 e. The molecule has 0 saturated carbocycles. The summed E-state index contributed by atoms with van der Waals surface area (Å²) in [5.74, 6) is -0.829. The molecule has 0 aliphatic heterocycles. The van der Waals surface area contributed by atoms with Crippen LogP contribution in [-0.2, 0) is 14.3 Å². The van der Waals surface area contributed by atoms with Crippen molar-refractivity contribution in [3.8, 4) is 0 Å². The van der Waals surface area contributed by atoms with Crippen molar-refractivity contribution in [2.24, 2.45) is 0 Å². The van der Waals surface area contributed by atoms with E-state index in [0.29, 0.717) is 0 Å². The Morgan fingerprint density at radius 3 is 2.74 bits per heavy atom. The van der Waals surface area contributed by atoms with E-state index in [9.17, 15) is 9.59 Å². The Kier molecular flexibility index (Phi) is 6.29. The first-order valence-corrected chi connectivity index (χ1v) is 8.43. The number of para-hydroxylation sites is 1. The second-order valence-corrected chi connectivity index (χ2v) is 6.10. The number of carbonyl (C=O) groups is 2. The van der Waals surface area contributed by atoms with Gasteiger partial charge in [0.15, 0.2) is 6.61 Å². The van der Waals surface area contributed by atoms with E-state index in [2.05, 4.69) is 10.3 Å². The van der Waals surface area contributed by atoms with Crippen LogP contribution in [0, 0.1) is 0 Å². The fraction of sp³-hybridized carbons (Fsp3) is 0.353. The molecule has 5 nitrogen and oxygen atoms in total. The number of nitrogens with zero attached hydrogens (tertiary/aromatic N) is 1. The highest BCUT2D eigenvalue weighted by Gasteiger charge is 2.10.